The summed E-state index contributed by atoms with van der Waals surface area (Å²) in [6, 6.07) is 12.4. The van der Waals surface area contributed by atoms with Gasteiger partial charge in [-0.15, -0.1) is 0 Å². The summed E-state index contributed by atoms with van der Waals surface area (Å²) in [5.74, 6) is 1.91. The monoisotopic (exact) mass is 449 g/mol. The Morgan fingerprint density at radius 2 is 1.91 bits per heavy atom. The van der Waals surface area contributed by atoms with Crippen molar-refractivity contribution in [3.05, 3.63) is 65.0 Å². The number of aliphatic imine (C=N–C) groups is 1. The van der Waals surface area contributed by atoms with Gasteiger partial charge in [-0.25, -0.2) is 4.99 Å². The molecule has 2 N–H and O–H groups in total. The number of guanidine groups is 1. The number of hydrogen-bond acceptors (Lipinski definition) is 6. The van der Waals surface area contributed by atoms with Gasteiger partial charge in [0.2, 0.25) is 12.8 Å². The Balaban J connectivity index is 1.58. The number of carbonyl (C=O) groups is 1. The van der Waals surface area contributed by atoms with Crippen molar-refractivity contribution >= 4 is 17.6 Å². The molecule has 33 heavy (non-hydrogen) atoms. The van der Waals surface area contributed by atoms with Crippen molar-refractivity contribution < 1.29 is 19.0 Å². The first-order chi connectivity index (χ1) is 16.0. The number of benzene rings is 2. The van der Waals surface area contributed by atoms with Gasteiger partial charge in [0.15, 0.2) is 11.5 Å². The van der Waals surface area contributed by atoms with Crippen LogP contribution < -0.4 is 24.8 Å². The maximum atomic E-state index is 13.0. The Hall–Kier alpha value is -4.01. The quantitative estimate of drug-likeness (QED) is 0.440. The van der Waals surface area contributed by atoms with Crippen molar-refractivity contribution in [2.75, 3.05) is 19.2 Å². The summed E-state index contributed by atoms with van der Waals surface area (Å²) in [5, 5.41) is 10.6. The lowest BCUT2D eigenvalue weighted by atomic mass is 10.2. The fraction of sp³-hybridized carbons (Fsp3) is 0.292. The third-order valence-electron chi connectivity index (χ3n) is 5.45. The fourth-order valence-electron chi connectivity index (χ4n) is 3.57. The summed E-state index contributed by atoms with van der Waals surface area (Å²) in [7, 11) is 1.61. The van der Waals surface area contributed by atoms with Gasteiger partial charge in [0.25, 0.3) is 5.91 Å². The smallest absolute Gasteiger partial charge is 0.258 e. The van der Waals surface area contributed by atoms with E-state index in [1.54, 1.807) is 25.3 Å². The van der Waals surface area contributed by atoms with Gasteiger partial charge in [-0.05, 0) is 63.2 Å². The molecule has 3 aromatic rings. The number of amides is 1. The van der Waals surface area contributed by atoms with E-state index in [9.17, 15) is 4.79 Å². The molecule has 0 atom stereocenters. The molecular formula is C24H27N5O4. The fourth-order valence-corrected chi connectivity index (χ4v) is 3.57. The molecule has 2 aromatic carbocycles. The number of carbonyl (C=O) groups excluding carboxylic acids is 1. The van der Waals surface area contributed by atoms with Crippen LogP contribution in [0.5, 0.6) is 17.2 Å². The first kappa shape index (κ1) is 22.2. The molecule has 0 radical (unpaired) electrons. The Morgan fingerprint density at radius 1 is 1.15 bits per heavy atom. The van der Waals surface area contributed by atoms with Gasteiger partial charge in [0, 0.05) is 29.1 Å². The van der Waals surface area contributed by atoms with Crippen molar-refractivity contribution in [1.82, 2.24) is 15.1 Å². The molecule has 9 nitrogen and oxygen atoms in total. The number of nitrogens with zero attached hydrogens (tertiary/aromatic N) is 3. The number of methoxy groups -OCH3 is 1. The summed E-state index contributed by atoms with van der Waals surface area (Å²) in [6.45, 7) is 7.35. The molecule has 0 bridgehead atoms. The molecule has 0 saturated heterocycles. The average molecular weight is 450 g/mol. The number of anilines is 1. The lowest BCUT2D eigenvalue weighted by molar-refractivity contribution is 0.0976. The molecule has 1 aliphatic heterocycles. The summed E-state index contributed by atoms with van der Waals surface area (Å²) < 4.78 is 17.9. The molecule has 1 aromatic heterocycles. The largest absolute Gasteiger partial charge is 0.497 e. The molecule has 0 saturated carbocycles. The SMILES string of the molecule is CCn1nc(C)c(CN=C(NC(=O)c2ccc3c(c2)OCO3)Nc2ccc(OC)cc2)c1C. The van der Waals surface area contributed by atoms with E-state index in [4.69, 9.17) is 14.2 Å². The third kappa shape index (κ3) is 4.92. The van der Waals surface area contributed by atoms with Crippen LogP contribution in [-0.4, -0.2) is 35.5 Å². The Labute approximate surface area is 192 Å². The maximum absolute atomic E-state index is 13.0. The highest BCUT2D eigenvalue weighted by molar-refractivity contribution is 6.10. The minimum Gasteiger partial charge on any atom is -0.497 e. The van der Waals surface area contributed by atoms with Crippen LogP contribution in [0.1, 0.15) is 34.2 Å². The molecule has 0 spiro atoms. The number of ether oxygens (including phenoxy) is 3. The minimum atomic E-state index is -0.314. The van der Waals surface area contributed by atoms with E-state index in [-0.39, 0.29) is 12.7 Å². The minimum absolute atomic E-state index is 0.149. The normalized spacial score (nSPS) is 12.5. The zero-order valence-electron chi connectivity index (χ0n) is 19.1. The van der Waals surface area contributed by atoms with Crippen LogP contribution in [0.4, 0.5) is 5.69 Å². The van der Waals surface area contributed by atoms with E-state index in [0.29, 0.717) is 29.6 Å². The predicted octanol–water partition coefficient (Wildman–Crippen LogP) is 3.66. The lowest BCUT2D eigenvalue weighted by Gasteiger charge is -2.13. The van der Waals surface area contributed by atoms with Gasteiger partial charge in [0.1, 0.15) is 5.75 Å². The van der Waals surface area contributed by atoms with Crippen molar-refractivity contribution in [2.45, 2.75) is 33.9 Å². The standard InChI is InChI=1S/C24H27N5O4/c1-5-29-16(3)20(15(2)28-29)13-25-24(26-18-7-9-19(31-4)10-8-18)27-23(30)17-6-11-21-22(12-17)33-14-32-21/h6-12H,5,13-14H2,1-4H3,(H2,25,26,27,30). The van der Waals surface area contributed by atoms with Gasteiger partial charge in [-0.2, -0.15) is 5.10 Å². The highest BCUT2D eigenvalue weighted by Crippen LogP contribution is 2.32. The van der Waals surface area contributed by atoms with E-state index in [0.717, 1.165) is 34.9 Å². The number of aromatic nitrogens is 2. The maximum Gasteiger partial charge on any atom is 0.258 e. The van der Waals surface area contributed by atoms with Crippen LogP contribution >= 0.6 is 0 Å². The van der Waals surface area contributed by atoms with Gasteiger partial charge >= 0.3 is 0 Å². The molecule has 1 aliphatic rings. The predicted molar refractivity (Wildman–Crippen MR) is 125 cm³/mol. The highest BCUT2D eigenvalue weighted by Gasteiger charge is 2.18. The first-order valence-electron chi connectivity index (χ1n) is 10.7. The van der Waals surface area contributed by atoms with Crippen molar-refractivity contribution in [1.29, 1.82) is 0 Å². The third-order valence-corrected chi connectivity index (χ3v) is 5.45. The number of hydrogen-bond donors (Lipinski definition) is 2. The topological polar surface area (TPSA) is 99.0 Å². The van der Waals surface area contributed by atoms with Crippen molar-refractivity contribution in [2.24, 2.45) is 4.99 Å². The summed E-state index contributed by atoms with van der Waals surface area (Å²) in [5.41, 5.74) is 4.21. The second kappa shape index (κ2) is 9.64. The highest BCUT2D eigenvalue weighted by atomic mass is 16.7. The molecule has 0 aliphatic carbocycles. The summed E-state index contributed by atoms with van der Waals surface area (Å²) in [6.07, 6.45) is 0. The summed E-state index contributed by atoms with van der Waals surface area (Å²) >= 11 is 0. The molecular weight excluding hydrogens is 422 g/mol. The number of nitrogens with one attached hydrogen (secondary N) is 2. The summed E-state index contributed by atoms with van der Waals surface area (Å²) in [4.78, 5) is 17.6. The Morgan fingerprint density at radius 3 is 2.61 bits per heavy atom. The second-order valence-electron chi connectivity index (χ2n) is 7.51. The van der Waals surface area contributed by atoms with Crippen molar-refractivity contribution in [3.8, 4) is 17.2 Å². The van der Waals surface area contributed by atoms with E-state index < -0.39 is 0 Å². The zero-order valence-corrected chi connectivity index (χ0v) is 19.1. The number of fused-ring (bicyclic) bond motifs is 1. The van der Waals surface area contributed by atoms with E-state index in [1.807, 2.05) is 42.8 Å². The molecule has 172 valence electrons. The van der Waals surface area contributed by atoms with E-state index in [1.165, 1.54) is 0 Å². The Kier molecular flexibility index (Phi) is 6.48. The molecule has 9 heteroatoms. The number of rotatable bonds is 6. The van der Waals surface area contributed by atoms with Gasteiger partial charge < -0.3 is 19.5 Å². The molecule has 0 unspecified atom stereocenters. The van der Waals surface area contributed by atoms with E-state index in [2.05, 4.69) is 27.6 Å². The van der Waals surface area contributed by atoms with Crippen LogP contribution in [0.2, 0.25) is 0 Å². The van der Waals surface area contributed by atoms with Crippen LogP contribution in [-0.2, 0) is 13.1 Å². The van der Waals surface area contributed by atoms with Crippen LogP contribution in [0.25, 0.3) is 0 Å². The van der Waals surface area contributed by atoms with Crippen molar-refractivity contribution in [3.63, 3.8) is 0 Å². The second-order valence-corrected chi connectivity index (χ2v) is 7.51. The van der Waals surface area contributed by atoms with Crippen LogP contribution in [0.3, 0.4) is 0 Å². The first-order valence-corrected chi connectivity index (χ1v) is 10.7. The average Bonchev–Trinajstić information content (AvgIpc) is 3.41. The lowest BCUT2D eigenvalue weighted by Crippen LogP contribution is -2.36. The van der Waals surface area contributed by atoms with Gasteiger partial charge in [-0.1, -0.05) is 0 Å². The van der Waals surface area contributed by atoms with E-state index >= 15 is 0 Å². The molecule has 4 rings (SSSR count). The molecule has 0 fully saturated rings. The number of aryl methyl sites for hydroxylation is 2. The Bertz CT molecular complexity index is 1180. The molecule has 2 heterocycles. The van der Waals surface area contributed by atoms with Crippen LogP contribution in [0.15, 0.2) is 47.5 Å². The zero-order chi connectivity index (χ0) is 23.4. The van der Waals surface area contributed by atoms with Gasteiger partial charge in [-0.3, -0.25) is 14.8 Å². The van der Waals surface area contributed by atoms with Crippen LogP contribution in [0, 0.1) is 13.8 Å². The molecule has 1 amide bonds. The van der Waals surface area contributed by atoms with Gasteiger partial charge in [0.05, 0.1) is 19.3 Å².